The highest BCUT2D eigenvalue weighted by Gasteiger charge is 2.02. The molecule has 0 atom stereocenters. The lowest BCUT2D eigenvalue weighted by Gasteiger charge is -2.07. The van der Waals surface area contributed by atoms with Crippen molar-refractivity contribution in [1.29, 1.82) is 0 Å². The van der Waals surface area contributed by atoms with Gasteiger partial charge in [0.2, 0.25) is 5.91 Å². The lowest BCUT2D eigenvalue weighted by Crippen LogP contribution is -2.30. The highest BCUT2D eigenvalue weighted by molar-refractivity contribution is 5.92. The van der Waals surface area contributed by atoms with E-state index in [0.717, 1.165) is 11.4 Å². The minimum Gasteiger partial charge on any atom is -0.497 e. The van der Waals surface area contributed by atoms with E-state index in [-0.39, 0.29) is 24.9 Å². The third kappa shape index (κ3) is 6.44. The van der Waals surface area contributed by atoms with Crippen LogP contribution < -0.4 is 15.4 Å². The van der Waals surface area contributed by atoms with Crippen LogP contribution in [-0.4, -0.2) is 39.8 Å². The van der Waals surface area contributed by atoms with Crippen molar-refractivity contribution in [2.24, 2.45) is 0 Å². The Morgan fingerprint density at radius 1 is 1.33 bits per heavy atom. The van der Waals surface area contributed by atoms with Gasteiger partial charge < -0.3 is 20.1 Å². The van der Waals surface area contributed by atoms with Crippen LogP contribution in [-0.2, 0) is 9.53 Å². The minimum atomic E-state index is -0.0886. The van der Waals surface area contributed by atoms with E-state index in [2.05, 4.69) is 10.6 Å². The molecule has 102 valence electrons. The first kappa shape index (κ1) is 16.7. The smallest absolute Gasteiger partial charge is 0.238 e. The first-order chi connectivity index (χ1) is 8.26. The zero-order valence-corrected chi connectivity index (χ0v) is 11.4. The van der Waals surface area contributed by atoms with E-state index >= 15 is 0 Å². The van der Waals surface area contributed by atoms with Crippen LogP contribution in [0.5, 0.6) is 5.75 Å². The van der Waals surface area contributed by atoms with Crippen molar-refractivity contribution in [2.75, 3.05) is 39.2 Å². The largest absolute Gasteiger partial charge is 0.497 e. The zero-order valence-electron chi connectivity index (χ0n) is 10.6. The quantitative estimate of drug-likeness (QED) is 0.736. The summed E-state index contributed by atoms with van der Waals surface area (Å²) in [5.74, 6) is 0.629. The average molecular weight is 275 g/mol. The van der Waals surface area contributed by atoms with Crippen molar-refractivity contribution >= 4 is 24.0 Å². The molecule has 0 fully saturated rings. The Morgan fingerprint density at radius 3 is 2.78 bits per heavy atom. The number of hydrogen-bond donors (Lipinski definition) is 2. The maximum absolute atomic E-state index is 11.5. The Kier molecular flexibility index (Phi) is 9.00. The summed E-state index contributed by atoms with van der Waals surface area (Å²) in [6, 6.07) is 7.24. The molecule has 0 saturated heterocycles. The van der Waals surface area contributed by atoms with Gasteiger partial charge in [-0.15, -0.1) is 12.4 Å². The van der Waals surface area contributed by atoms with Gasteiger partial charge in [0, 0.05) is 25.4 Å². The molecule has 6 heteroatoms. The molecular weight excluding hydrogens is 256 g/mol. The Hall–Kier alpha value is -1.30. The van der Waals surface area contributed by atoms with Crippen molar-refractivity contribution in [3.8, 4) is 5.75 Å². The summed E-state index contributed by atoms with van der Waals surface area (Å²) in [5, 5.41) is 5.74. The molecule has 0 aromatic heterocycles. The third-order valence-corrected chi connectivity index (χ3v) is 2.12. The number of anilines is 1. The summed E-state index contributed by atoms with van der Waals surface area (Å²) in [6.45, 7) is 1.51. The number of ether oxygens (including phenoxy) is 2. The molecule has 0 aliphatic heterocycles. The number of hydrogen-bond acceptors (Lipinski definition) is 4. The van der Waals surface area contributed by atoms with E-state index in [1.807, 2.05) is 18.2 Å². The monoisotopic (exact) mass is 274 g/mol. The van der Waals surface area contributed by atoms with Gasteiger partial charge in [0.05, 0.1) is 20.3 Å². The number of rotatable bonds is 7. The van der Waals surface area contributed by atoms with Crippen LogP contribution in [0.25, 0.3) is 0 Å². The normalized spacial score (nSPS) is 9.44. The standard InChI is InChI=1S/C12H18N2O3.ClH/c1-16-7-6-13-9-12(15)14-10-4-3-5-11(8-10)17-2;/h3-5,8,13H,6-7,9H2,1-2H3,(H,14,15);1H. The molecule has 1 aromatic carbocycles. The van der Waals surface area contributed by atoms with Gasteiger partial charge in [-0.2, -0.15) is 0 Å². The SMILES string of the molecule is COCCNCC(=O)Nc1cccc(OC)c1.Cl. The molecule has 0 aliphatic rings. The summed E-state index contributed by atoms with van der Waals surface area (Å²) in [7, 11) is 3.21. The van der Waals surface area contributed by atoms with Gasteiger partial charge in [0.25, 0.3) is 0 Å². The second kappa shape index (κ2) is 9.70. The molecule has 0 heterocycles. The number of methoxy groups -OCH3 is 2. The zero-order chi connectivity index (χ0) is 12.5. The van der Waals surface area contributed by atoms with Crippen LogP contribution in [0.3, 0.4) is 0 Å². The van der Waals surface area contributed by atoms with E-state index in [9.17, 15) is 4.79 Å². The first-order valence-corrected chi connectivity index (χ1v) is 5.40. The molecular formula is C12H19ClN2O3. The number of benzene rings is 1. The van der Waals surface area contributed by atoms with Gasteiger partial charge in [-0.25, -0.2) is 0 Å². The van der Waals surface area contributed by atoms with E-state index in [1.165, 1.54) is 0 Å². The Balaban J connectivity index is 0.00000289. The maximum Gasteiger partial charge on any atom is 0.238 e. The molecule has 1 amide bonds. The maximum atomic E-state index is 11.5. The van der Waals surface area contributed by atoms with Crippen LogP contribution in [0.1, 0.15) is 0 Å². The summed E-state index contributed by atoms with van der Waals surface area (Å²) < 4.78 is 9.93. The van der Waals surface area contributed by atoms with Crippen LogP contribution in [0.15, 0.2) is 24.3 Å². The second-order valence-corrected chi connectivity index (χ2v) is 3.45. The lowest BCUT2D eigenvalue weighted by molar-refractivity contribution is -0.115. The summed E-state index contributed by atoms with van der Waals surface area (Å²) in [4.78, 5) is 11.5. The number of amides is 1. The van der Waals surface area contributed by atoms with Crippen LogP contribution in [0, 0.1) is 0 Å². The molecule has 0 aliphatic carbocycles. The second-order valence-electron chi connectivity index (χ2n) is 3.45. The van der Waals surface area contributed by atoms with Crippen LogP contribution in [0.4, 0.5) is 5.69 Å². The predicted octanol–water partition coefficient (Wildman–Crippen LogP) is 1.29. The fourth-order valence-corrected chi connectivity index (χ4v) is 1.28. The molecule has 2 N–H and O–H groups in total. The number of nitrogens with one attached hydrogen (secondary N) is 2. The first-order valence-electron chi connectivity index (χ1n) is 5.40. The molecule has 0 unspecified atom stereocenters. The molecule has 0 spiro atoms. The Morgan fingerprint density at radius 2 is 2.11 bits per heavy atom. The van der Waals surface area contributed by atoms with Gasteiger partial charge in [-0.05, 0) is 12.1 Å². The van der Waals surface area contributed by atoms with Gasteiger partial charge in [0.1, 0.15) is 5.75 Å². The topological polar surface area (TPSA) is 59.6 Å². The Labute approximate surface area is 113 Å². The van der Waals surface area contributed by atoms with Crippen molar-refractivity contribution in [3.63, 3.8) is 0 Å². The number of carbonyl (C=O) groups excluding carboxylic acids is 1. The molecule has 18 heavy (non-hydrogen) atoms. The molecule has 0 bridgehead atoms. The van der Waals surface area contributed by atoms with Crippen molar-refractivity contribution in [1.82, 2.24) is 5.32 Å². The van der Waals surface area contributed by atoms with Gasteiger partial charge in [-0.3, -0.25) is 4.79 Å². The van der Waals surface area contributed by atoms with Crippen molar-refractivity contribution in [3.05, 3.63) is 24.3 Å². The summed E-state index contributed by atoms with van der Waals surface area (Å²) in [5.41, 5.74) is 0.725. The van der Waals surface area contributed by atoms with Crippen LogP contribution >= 0.6 is 12.4 Å². The fraction of sp³-hybridized carbons (Fsp3) is 0.417. The van der Waals surface area contributed by atoms with E-state index in [1.54, 1.807) is 20.3 Å². The molecule has 1 aromatic rings. The lowest BCUT2D eigenvalue weighted by atomic mass is 10.3. The molecule has 1 rings (SSSR count). The average Bonchev–Trinajstić information content (AvgIpc) is 2.35. The van der Waals surface area contributed by atoms with E-state index in [0.29, 0.717) is 13.2 Å². The summed E-state index contributed by atoms with van der Waals surface area (Å²) in [6.07, 6.45) is 0. The van der Waals surface area contributed by atoms with Gasteiger partial charge >= 0.3 is 0 Å². The fourth-order valence-electron chi connectivity index (χ4n) is 1.28. The minimum absolute atomic E-state index is 0. The van der Waals surface area contributed by atoms with Crippen molar-refractivity contribution in [2.45, 2.75) is 0 Å². The third-order valence-electron chi connectivity index (χ3n) is 2.12. The number of carbonyl (C=O) groups is 1. The van der Waals surface area contributed by atoms with E-state index in [4.69, 9.17) is 9.47 Å². The molecule has 0 saturated carbocycles. The van der Waals surface area contributed by atoms with Crippen LogP contribution in [0.2, 0.25) is 0 Å². The number of halogens is 1. The predicted molar refractivity (Wildman–Crippen MR) is 73.6 cm³/mol. The summed E-state index contributed by atoms with van der Waals surface area (Å²) >= 11 is 0. The highest BCUT2D eigenvalue weighted by Crippen LogP contribution is 2.16. The molecule has 0 radical (unpaired) electrons. The van der Waals surface area contributed by atoms with E-state index < -0.39 is 0 Å². The van der Waals surface area contributed by atoms with Gasteiger partial charge in [-0.1, -0.05) is 6.07 Å². The Bertz CT molecular complexity index is 361. The molecule has 5 nitrogen and oxygen atoms in total. The van der Waals surface area contributed by atoms with Crippen molar-refractivity contribution < 1.29 is 14.3 Å². The van der Waals surface area contributed by atoms with Gasteiger partial charge in [0.15, 0.2) is 0 Å². The highest BCUT2D eigenvalue weighted by atomic mass is 35.5.